The Morgan fingerprint density at radius 3 is 2.23 bits per heavy atom. The van der Waals surface area contributed by atoms with E-state index in [0.717, 1.165) is 16.5 Å². The van der Waals surface area contributed by atoms with E-state index in [1.54, 1.807) is 32.2 Å². The lowest BCUT2D eigenvalue weighted by Gasteiger charge is -2.16. The number of carbonyl (C=O) groups excluding carboxylic acids is 1. The Labute approximate surface area is 161 Å². The van der Waals surface area contributed by atoms with Gasteiger partial charge in [0.05, 0.1) is 22.8 Å². The molecule has 0 saturated heterocycles. The lowest BCUT2D eigenvalue weighted by atomic mass is 10.1. The number of para-hydroxylation sites is 1. The molecule has 0 heterocycles. The number of nitrogens with one attached hydrogen (secondary N) is 1. The number of hydrogen-bond acceptors (Lipinski definition) is 3. The Hall–Kier alpha value is -2.43. The van der Waals surface area contributed by atoms with Crippen LogP contribution in [0.15, 0.2) is 54.6 Å². The Bertz CT molecular complexity index is 939. The van der Waals surface area contributed by atoms with Crippen molar-refractivity contribution in [2.24, 2.45) is 0 Å². The van der Waals surface area contributed by atoms with Crippen LogP contribution in [0.5, 0.6) is 11.5 Å². The van der Waals surface area contributed by atoms with Gasteiger partial charge in [-0.1, -0.05) is 41.4 Å². The number of methoxy groups -OCH3 is 1. The standard InChI is InChI=1S/C20H17Cl2NO3/c1-12(20(24)23-19-17(21)4-3-5-18(19)22)26-16-9-7-13-6-8-15(25-2)10-14(13)11-16/h3-12H,1-2H3,(H,23,24)/t12-/m1/s1. The first-order valence-corrected chi connectivity index (χ1v) is 8.73. The number of anilines is 1. The fraction of sp³-hybridized carbons (Fsp3) is 0.150. The molecule has 1 amide bonds. The Balaban J connectivity index is 1.75. The van der Waals surface area contributed by atoms with Crippen molar-refractivity contribution in [3.63, 3.8) is 0 Å². The van der Waals surface area contributed by atoms with E-state index < -0.39 is 6.10 Å². The molecular weight excluding hydrogens is 373 g/mol. The van der Waals surface area contributed by atoms with Crippen LogP contribution in [0.1, 0.15) is 6.92 Å². The molecule has 6 heteroatoms. The normalized spacial score (nSPS) is 11.8. The lowest BCUT2D eigenvalue weighted by Crippen LogP contribution is -2.30. The van der Waals surface area contributed by atoms with E-state index in [2.05, 4.69) is 5.32 Å². The van der Waals surface area contributed by atoms with E-state index in [-0.39, 0.29) is 5.91 Å². The number of ether oxygens (including phenoxy) is 2. The van der Waals surface area contributed by atoms with Gasteiger partial charge >= 0.3 is 0 Å². The average Bonchev–Trinajstić information content (AvgIpc) is 2.64. The first-order valence-electron chi connectivity index (χ1n) is 7.97. The molecule has 0 saturated carbocycles. The molecule has 0 fully saturated rings. The van der Waals surface area contributed by atoms with E-state index in [1.165, 1.54) is 0 Å². The molecule has 0 radical (unpaired) electrons. The highest BCUT2D eigenvalue weighted by atomic mass is 35.5. The minimum atomic E-state index is -0.731. The van der Waals surface area contributed by atoms with E-state index in [0.29, 0.717) is 21.5 Å². The summed E-state index contributed by atoms with van der Waals surface area (Å²) in [6.07, 6.45) is -0.731. The maximum absolute atomic E-state index is 12.4. The highest BCUT2D eigenvalue weighted by molar-refractivity contribution is 6.39. The predicted molar refractivity (Wildman–Crippen MR) is 106 cm³/mol. The van der Waals surface area contributed by atoms with Gasteiger partial charge < -0.3 is 14.8 Å². The smallest absolute Gasteiger partial charge is 0.265 e. The van der Waals surface area contributed by atoms with Crippen molar-refractivity contribution in [3.8, 4) is 11.5 Å². The maximum Gasteiger partial charge on any atom is 0.265 e. The number of amides is 1. The number of hydrogen-bond donors (Lipinski definition) is 1. The summed E-state index contributed by atoms with van der Waals surface area (Å²) in [5, 5.41) is 5.46. The van der Waals surface area contributed by atoms with E-state index in [4.69, 9.17) is 32.7 Å². The van der Waals surface area contributed by atoms with Crippen molar-refractivity contribution in [1.29, 1.82) is 0 Å². The zero-order valence-corrected chi connectivity index (χ0v) is 15.8. The summed E-state index contributed by atoms with van der Waals surface area (Å²) in [6.45, 7) is 1.66. The number of halogens is 2. The average molecular weight is 390 g/mol. The largest absolute Gasteiger partial charge is 0.497 e. The molecule has 3 aromatic carbocycles. The third kappa shape index (κ3) is 4.03. The first kappa shape index (κ1) is 18.4. The Morgan fingerprint density at radius 2 is 1.58 bits per heavy atom. The van der Waals surface area contributed by atoms with Crippen LogP contribution in [-0.2, 0) is 4.79 Å². The molecule has 3 rings (SSSR count). The van der Waals surface area contributed by atoms with Crippen molar-refractivity contribution >= 4 is 45.6 Å². The van der Waals surface area contributed by atoms with Crippen LogP contribution in [0.3, 0.4) is 0 Å². The Kier molecular flexibility index (Phi) is 5.55. The second-order valence-electron chi connectivity index (χ2n) is 5.72. The van der Waals surface area contributed by atoms with Crippen molar-refractivity contribution in [2.45, 2.75) is 13.0 Å². The number of fused-ring (bicyclic) bond motifs is 1. The van der Waals surface area contributed by atoms with Crippen LogP contribution in [0.25, 0.3) is 10.8 Å². The molecular formula is C20H17Cl2NO3. The monoisotopic (exact) mass is 389 g/mol. The molecule has 0 aliphatic heterocycles. The third-order valence-corrected chi connectivity index (χ3v) is 4.54. The molecule has 1 atom stereocenters. The minimum absolute atomic E-state index is 0.342. The molecule has 134 valence electrons. The number of rotatable bonds is 5. The maximum atomic E-state index is 12.4. The van der Waals surface area contributed by atoms with Crippen molar-refractivity contribution in [3.05, 3.63) is 64.6 Å². The van der Waals surface area contributed by atoms with Gasteiger partial charge in [0, 0.05) is 0 Å². The lowest BCUT2D eigenvalue weighted by molar-refractivity contribution is -0.122. The minimum Gasteiger partial charge on any atom is -0.497 e. The molecule has 26 heavy (non-hydrogen) atoms. The molecule has 0 bridgehead atoms. The first-order chi connectivity index (χ1) is 12.5. The summed E-state index contributed by atoms with van der Waals surface area (Å²) in [7, 11) is 1.62. The van der Waals surface area contributed by atoms with Crippen LogP contribution in [0.4, 0.5) is 5.69 Å². The second kappa shape index (κ2) is 7.85. The van der Waals surface area contributed by atoms with E-state index in [9.17, 15) is 4.79 Å². The van der Waals surface area contributed by atoms with Gasteiger partial charge in [0.15, 0.2) is 6.10 Å². The van der Waals surface area contributed by atoms with Crippen LogP contribution < -0.4 is 14.8 Å². The summed E-state index contributed by atoms with van der Waals surface area (Å²) < 4.78 is 11.0. The van der Waals surface area contributed by atoms with Crippen LogP contribution in [0.2, 0.25) is 10.0 Å². The summed E-state index contributed by atoms with van der Waals surface area (Å²) in [5.74, 6) is 0.998. The molecule has 0 aromatic heterocycles. The molecule has 4 nitrogen and oxygen atoms in total. The fourth-order valence-electron chi connectivity index (χ4n) is 2.50. The molecule has 0 unspecified atom stereocenters. The van der Waals surface area contributed by atoms with E-state index in [1.807, 2.05) is 36.4 Å². The topological polar surface area (TPSA) is 47.6 Å². The van der Waals surface area contributed by atoms with Gasteiger partial charge in [-0.2, -0.15) is 0 Å². The highest BCUT2D eigenvalue weighted by Gasteiger charge is 2.17. The zero-order chi connectivity index (χ0) is 18.7. The Morgan fingerprint density at radius 1 is 0.962 bits per heavy atom. The van der Waals surface area contributed by atoms with Gasteiger partial charge in [0.2, 0.25) is 0 Å². The van der Waals surface area contributed by atoms with Crippen molar-refractivity contribution in [2.75, 3.05) is 12.4 Å². The summed E-state index contributed by atoms with van der Waals surface area (Å²) in [5.41, 5.74) is 0.375. The highest BCUT2D eigenvalue weighted by Crippen LogP contribution is 2.30. The fourth-order valence-corrected chi connectivity index (χ4v) is 2.99. The van der Waals surface area contributed by atoms with Crippen LogP contribution in [0, 0.1) is 0 Å². The summed E-state index contributed by atoms with van der Waals surface area (Å²) >= 11 is 12.2. The molecule has 1 N–H and O–H groups in total. The quantitative estimate of drug-likeness (QED) is 0.620. The van der Waals surface area contributed by atoms with Crippen molar-refractivity contribution in [1.82, 2.24) is 0 Å². The number of carbonyl (C=O) groups is 1. The third-order valence-electron chi connectivity index (χ3n) is 3.91. The van der Waals surface area contributed by atoms with Gasteiger partial charge in [-0.05, 0) is 54.1 Å². The molecule has 0 spiro atoms. The summed E-state index contributed by atoms with van der Waals surface area (Å²) in [6, 6.07) is 16.4. The van der Waals surface area contributed by atoms with E-state index >= 15 is 0 Å². The summed E-state index contributed by atoms with van der Waals surface area (Å²) in [4.78, 5) is 12.4. The van der Waals surface area contributed by atoms with Gasteiger partial charge in [-0.15, -0.1) is 0 Å². The van der Waals surface area contributed by atoms with Gasteiger partial charge in [0.1, 0.15) is 11.5 Å². The van der Waals surface area contributed by atoms with Crippen molar-refractivity contribution < 1.29 is 14.3 Å². The van der Waals surface area contributed by atoms with Gasteiger partial charge in [-0.3, -0.25) is 4.79 Å². The van der Waals surface area contributed by atoms with Crippen LogP contribution in [-0.4, -0.2) is 19.1 Å². The van der Waals surface area contributed by atoms with Gasteiger partial charge in [-0.25, -0.2) is 0 Å². The zero-order valence-electron chi connectivity index (χ0n) is 14.3. The van der Waals surface area contributed by atoms with Crippen LogP contribution >= 0.6 is 23.2 Å². The number of benzene rings is 3. The SMILES string of the molecule is COc1ccc2ccc(O[C@H](C)C(=O)Nc3c(Cl)cccc3Cl)cc2c1. The molecule has 3 aromatic rings. The predicted octanol–water partition coefficient (Wildman–Crippen LogP) is 5.56. The molecule has 0 aliphatic carbocycles. The second-order valence-corrected chi connectivity index (χ2v) is 6.54. The molecule has 0 aliphatic rings. The van der Waals surface area contributed by atoms with Gasteiger partial charge in [0.25, 0.3) is 5.91 Å².